The molecule has 3 aromatic rings. The first-order chi connectivity index (χ1) is 13.6. The maximum Gasteiger partial charge on any atom is 0.387 e. The zero-order chi connectivity index (χ0) is 21.1. The van der Waals surface area contributed by atoms with E-state index in [-0.39, 0.29) is 5.60 Å². The first-order valence-corrected chi connectivity index (χ1v) is 12.7. The highest BCUT2D eigenvalue weighted by Crippen LogP contribution is 2.68. The van der Waals surface area contributed by atoms with Crippen molar-refractivity contribution in [2.75, 3.05) is 6.26 Å². The highest BCUT2D eigenvalue weighted by atomic mass is 32.3. The molecule has 0 bridgehead atoms. The van der Waals surface area contributed by atoms with Gasteiger partial charge in [0.1, 0.15) is 17.6 Å². The molecule has 0 radical (unpaired) electrons. The van der Waals surface area contributed by atoms with Crippen LogP contribution < -0.4 is 4.74 Å². The van der Waals surface area contributed by atoms with Crippen LogP contribution in [-0.4, -0.2) is 23.9 Å². The molecule has 0 amide bonds. The Labute approximate surface area is 175 Å². The highest BCUT2D eigenvalue weighted by Gasteiger charge is 2.41. The molecule has 0 saturated carbocycles. The van der Waals surface area contributed by atoms with Gasteiger partial charge in [0.15, 0.2) is 0 Å². The summed E-state index contributed by atoms with van der Waals surface area (Å²) in [6.45, 7) is 5.97. The summed E-state index contributed by atoms with van der Waals surface area (Å²) >= 11 is 0. The molecule has 3 aromatic carbocycles. The van der Waals surface area contributed by atoms with Gasteiger partial charge in [-0.1, -0.05) is 36.4 Å². The maximum absolute atomic E-state index is 12.5. The van der Waals surface area contributed by atoms with Crippen molar-refractivity contribution in [3.05, 3.63) is 84.9 Å². The number of rotatable bonds is 6. The summed E-state index contributed by atoms with van der Waals surface area (Å²) < 4.78 is 35.3. The Kier molecular flexibility index (Phi) is 6.08. The lowest BCUT2D eigenvalue weighted by molar-refractivity contribution is 0.131. The molecule has 0 aliphatic carbocycles. The molecule has 0 aliphatic rings. The fourth-order valence-corrected chi connectivity index (χ4v) is 8.14. The van der Waals surface area contributed by atoms with Gasteiger partial charge in [-0.25, -0.2) is 0 Å². The van der Waals surface area contributed by atoms with Gasteiger partial charge in [-0.05, 0) is 69.3 Å². The van der Waals surface area contributed by atoms with Crippen LogP contribution in [0.5, 0.6) is 5.75 Å². The van der Waals surface area contributed by atoms with Crippen LogP contribution in [0.1, 0.15) is 20.8 Å². The minimum absolute atomic E-state index is 0.318. The third kappa shape index (κ3) is 5.21. The first kappa shape index (κ1) is 21.4. The number of hydrogen-bond acceptors (Lipinski definition) is 3. The van der Waals surface area contributed by atoms with Gasteiger partial charge in [0.2, 0.25) is 0 Å². The maximum atomic E-state index is 12.5. The quantitative estimate of drug-likeness (QED) is 0.349. The van der Waals surface area contributed by atoms with E-state index in [9.17, 15) is 8.42 Å². The molecule has 0 atom stereocenters. The average molecular weight is 432 g/mol. The number of hydrogen-bond donors (Lipinski definition) is 0. The van der Waals surface area contributed by atoms with E-state index in [1.54, 1.807) is 0 Å². The van der Waals surface area contributed by atoms with Crippen LogP contribution in [0.25, 0.3) is 0 Å². The normalized spacial score (nSPS) is 13.1. The summed E-state index contributed by atoms with van der Waals surface area (Å²) in [5, 5.41) is 0. The van der Waals surface area contributed by atoms with Crippen LogP contribution >= 0.6 is 10.3 Å². The molecule has 0 unspecified atom stereocenters. The Bertz CT molecular complexity index is 1000. The molecule has 6 heteroatoms. The van der Waals surface area contributed by atoms with Crippen LogP contribution in [0.4, 0.5) is 0 Å². The molecule has 4 nitrogen and oxygen atoms in total. The van der Waals surface area contributed by atoms with Crippen LogP contribution in [0, 0.1) is 0 Å². The van der Waals surface area contributed by atoms with E-state index in [4.69, 9.17) is 4.74 Å². The van der Waals surface area contributed by atoms with Crippen molar-refractivity contribution in [2.24, 2.45) is 0 Å². The predicted octanol–water partition coefficient (Wildman–Crippen LogP) is 6.11. The molecule has 1 N–H and O–H groups in total. The molecular weight excluding hydrogens is 404 g/mol. The van der Waals surface area contributed by atoms with Crippen molar-refractivity contribution in [3.8, 4) is 5.75 Å². The zero-order valence-electron chi connectivity index (χ0n) is 17.1. The average Bonchev–Trinajstić information content (AvgIpc) is 2.66. The summed E-state index contributed by atoms with van der Waals surface area (Å²) in [6.07, 6.45) is 1.15. The SMILES string of the molecule is CC(C)(C)Oc1ccc(S([OH+]S(C)(=O)=O)(c2ccccc2)c2ccccc2)cc1. The molecule has 0 heterocycles. The van der Waals surface area contributed by atoms with Crippen LogP contribution in [0.15, 0.2) is 99.6 Å². The van der Waals surface area contributed by atoms with Gasteiger partial charge >= 0.3 is 10.1 Å². The van der Waals surface area contributed by atoms with Crippen LogP contribution in [-0.2, 0) is 10.1 Å². The molecule has 3 rings (SSSR count). The smallest absolute Gasteiger partial charge is 0.387 e. The fraction of sp³-hybridized carbons (Fsp3) is 0.217. The van der Waals surface area contributed by atoms with E-state index in [1.807, 2.05) is 106 Å². The lowest BCUT2D eigenvalue weighted by Gasteiger charge is -2.34. The second kappa shape index (κ2) is 8.22. The zero-order valence-corrected chi connectivity index (χ0v) is 18.7. The van der Waals surface area contributed by atoms with E-state index in [2.05, 4.69) is 3.63 Å². The van der Waals surface area contributed by atoms with E-state index in [1.165, 1.54) is 0 Å². The second-order valence-electron chi connectivity index (χ2n) is 7.70. The molecule has 154 valence electrons. The van der Waals surface area contributed by atoms with Crippen LogP contribution in [0.2, 0.25) is 0 Å². The van der Waals surface area contributed by atoms with E-state index >= 15 is 0 Å². The Morgan fingerprint density at radius 2 is 1.10 bits per heavy atom. The number of benzene rings is 3. The molecule has 0 spiro atoms. The summed E-state index contributed by atoms with van der Waals surface area (Å²) in [6, 6.07) is 26.8. The van der Waals surface area contributed by atoms with Gasteiger partial charge in [-0.3, -0.25) is 3.63 Å². The van der Waals surface area contributed by atoms with Gasteiger partial charge in [0.05, 0.1) is 25.0 Å². The van der Waals surface area contributed by atoms with Gasteiger partial charge in [-0.15, -0.1) is 0 Å². The number of ether oxygens (including phenoxy) is 1. The molecule has 29 heavy (non-hydrogen) atoms. The van der Waals surface area contributed by atoms with Crippen molar-refractivity contribution in [1.29, 1.82) is 0 Å². The van der Waals surface area contributed by atoms with Gasteiger partial charge in [-0.2, -0.15) is 8.42 Å². The Morgan fingerprint density at radius 3 is 1.48 bits per heavy atom. The van der Waals surface area contributed by atoms with Crippen molar-refractivity contribution in [1.82, 2.24) is 0 Å². The monoisotopic (exact) mass is 431 g/mol. The molecular formula is C23H27O4S2+. The minimum atomic E-state index is -3.63. The standard InChI is InChI=1S/C23H26O4S2/c1-23(2,3)26-19-15-17-22(18-16-19)29(27-28(4,24)25,20-11-7-5-8-12-20)21-13-9-6-10-14-21/h5-18H,1-4H3/p+1. The third-order valence-electron chi connectivity index (χ3n) is 4.00. The first-order valence-electron chi connectivity index (χ1n) is 9.27. The molecule has 0 saturated heterocycles. The van der Waals surface area contributed by atoms with E-state index < -0.39 is 20.4 Å². The van der Waals surface area contributed by atoms with Crippen molar-refractivity contribution >= 4 is 20.4 Å². The van der Waals surface area contributed by atoms with Crippen LogP contribution in [0.3, 0.4) is 0 Å². The highest BCUT2D eigenvalue weighted by molar-refractivity contribution is 8.32. The Morgan fingerprint density at radius 1 is 0.690 bits per heavy atom. The van der Waals surface area contributed by atoms with Gasteiger partial charge in [0, 0.05) is 0 Å². The summed E-state index contributed by atoms with van der Waals surface area (Å²) in [4.78, 5) is 2.56. The molecule has 0 aromatic heterocycles. The largest absolute Gasteiger partial charge is 0.488 e. The van der Waals surface area contributed by atoms with Gasteiger partial charge < -0.3 is 4.74 Å². The minimum Gasteiger partial charge on any atom is -0.488 e. The van der Waals surface area contributed by atoms with Crippen molar-refractivity contribution in [2.45, 2.75) is 41.1 Å². The van der Waals surface area contributed by atoms with Crippen molar-refractivity contribution < 1.29 is 16.8 Å². The summed E-state index contributed by atoms with van der Waals surface area (Å²) in [7, 11) is -6.00. The fourth-order valence-electron chi connectivity index (χ4n) is 3.03. The summed E-state index contributed by atoms with van der Waals surface area (Å²) in [5.41, 5.74) is -0.318. The summed E-state index contributed by atoms with van der Waals surface area (Å²) in [5.74, 6) is 0.732. The Hall–Kier alpha value is -2.28. The topological polar surface area (TPSA) is 56.2 Å². The van der Waals surface area contributed by atoms with E-state index in [0.717, 1.165) is 26.7 Å². The molecule has 0 fully saturated rings. The lowest BCUT2D eigenvalue weighted by atomic mass is 10.2. The van der Waals surface area contributed by atoms with Gasteiger partial charge in [0.25, 0.3) is 0 Å². The van der Waals surface area contributed by atoms with Crippen molar-refractivity contribution in [3.63, 3.8) is 0 Å². The van der Waals surface area contributed by atoms with E-state index in [0.29, 0.717) is 0 Å². The Balaban J connectivity index is 2.24. The molecule has 0 aliphatic heterocycles. The predicted molar refractivity (Wildman–Crippen MR) is 120 cm³/mol. The lowest BCUT2D eigenvalue weighted by Crippen LogP contribution is -2.23. The third-order valence-corrected chi connectivity index (χ3v) is 8.85. The second-order valence-corrected chi connectivity index (χ2v) is 12.3.